The second-order valence-electron chi connectivity index (χ2n) is 5.90. The molecule has 0 aliphatic carbocycles. The first-order valence-corrected chi connectivity index (χ1v) is 8.36. The van der Waals surface area contributed by atoms with Gasteiger partial charge in [-0.1, -0.05) is 37.5 Å². The lowest BCUT2D eigenvalue weighted by atomic mass is 10.0. The third-order valence-electron chi connectivity index (χ3n) is 4.37. The van der Waals surface area contributed by atoms with Gasteiger partial charge < -0.3 is 9.97 Å². The largest absolute Gasteiger partial charge is 0.355 e. The summed E-state index contributed by atoms with van der Waals surface area (Å²) in [6, 6.07) is 3.45. The number of hydrogen-bond acceptors (Lipinski definition) is 2. The van der Waals surface area contributed by atoms with E-state index < -0.39 is 0 Å². The molecule has 2 aromatic heterocycles. The van der Waals surface area contributed by atoms with Gasteiger partial charge in [0, 0.05) is 32.6 Å². The summed E-state index contributed by atoms with van der Waals surface area (Å²) in [5, 5.41) is 2.28. The molecule has 0 aliphatic rings. The molecule has 2 N–H and O–H groups in total. The van der Waals surface area contributed by atoms with Gasteiger partial charge in [-0.3, -0.25) is 9.59 Å². The summed E-state index contributed by atoms with van der Waals surface area (Å²) in [7, 11) is 0. The molecule has 0 atom stereocenters. The lowest BCUT2D eigenvalue weighted by Crippen LogP contribution is -2.40. The summed E-state index contributed by atoms with van der Waals surface area (Å²) in [4.78, 5) is 32.3. The van der Waals surface area contributed by atoms with E-state index in [4.69, 9.17) is 0 Å². The Hall–Kier alpha value is -3.40. The Morgan fingerprint density at radius 2 is 1.62 bits per heavy atom. The molecule has 1 aromatic carbocycles. The molecule has 0 fully saturated rings. The predicted octanol–water partition coefficient (Wildman–Crippen LogP) is 2.81. The van der Waals surface area contributed by atoms with Crippen LogP contribution in [-0.4, -0.2) is 9.97 Å². The molecule has 4 heteroatoms. The molecule has 0 saturated carbocycles. The van der Waals surface area contributed by atoms with E-state index >= 15 is 0 Å². The molecule has 0 bridgehead atoms. The van der Waals surface area contributed by atoms with Gasteiger partial charge in [-0.05, 0) is 38.1 Å². The first-order chi connectivity index (χ1) is 12.5. The quantitative estimate of drug-likeness (QED) is 0.718. The normalized spacial score (nSPS) is 13.2. The summed E-state index contributed by atoms with van der Waals surface area (Å²) >= 11 is 0. The van der Waals surface area contributed by atoms with Crippen LogP contribution in [0.4, 0.5) is 0 Å². The number of H-pyrrole nitrogens is 2. The van der Waals surface area contributed by atoms with Crippen LogP contribution < -0.4 is 21.4 Å². The van der Waals surface area contributed by atoms with Crippen LogP contribution >= 0.6 is 0 Å². The van der Waals surface area contributed by atoms with Crippen LogP contribution in [0.2, 0.25) is 0 Å². The second-order valence-corrected chi connectivity index (χ2v) is 5.90. The van der Waals surface area contributed by atoms with Crippen molar-refractivity contribution in [1.29, 1.82) is 0 Å². The van der Waals surface area contributed by atoms with Gasteiger partial charge in [0.15, 0.2) is 10.9 Å². The van der Waals surface area contributed by atoms with Crippen LogP contribution in [0.25, 0.3) is 46.1 Å². The Labute approximate surface area is 150 Å². The van der Waals surface area contributed by atoms with Crippen molar-refractivity contribution in [1.82, 2.24) is 9.97 Å². The van der Waals surface area contributed by atoms with Crippen molar-refractivity contribution in [2.24, 2.45) is 0 Å². The summed E-state index contributed by atoms with van der Waals surface area (Å²) in [6.45, 7) is 11.2. The lowest BCUT2D eigenvalue weighted by molar-refractivity contribution is 1.25. The van der Waals surface area contributed by atoms with Gasteiger partial charge in [-0.25, -0.2) is 0 Å². The monoisotopic (exact) mass is 344 g/mol. The van der Waals surface area contributed by atoms with Crippen LogP contribution in [-0.2, 0) is 0 Å². The minimum atomic E-state index is -0.117. The molecule has 3 rings (SSSR count). The zero-order chi connectivity index (χ0) is 18.8. The SMILES string of the molecule is C=C/C=c1/c(=O)c2cc3[nH]c(/C=C\C)c(C=C)c(=O)c3cc2[nH]/c1=C/C. The molecular formula is C22H20N2O2. The van der Waals surface area contributed by atoms with E-state index in [1.54, 1.807) is 30.4 Å². The van der Waals surface area contributed by atoms with Gasteiger partial charge in [-0.2, -0.15) is 0 Å². The summed E-state index contributed by atoms with van der Waals surface area (Å²) in [6.07, 6.45) is 10.3. The van der Waals surface area contributed by atoms with Crippen LogP contribution in [0.5, 0.6) is 0 Å². The molecule has 26 heavy (non-hydrogen) atoms. The van der Waals surface area contributed by atoms with E-state index in [9.17, 15) is 9.59 Å². The molecular weight excluding hydrogens is 324 g/mol. The van der Waals surface area contributed by atoms with Gasteiger partial charge in [0.1, 0.15) is 0 Å². The van der Waals surface area contributed by atoms with Crippen LogP contribution in [0.3, 0.4) is 0 Å². The fraction of sp³-hybridized carbons (Fsp3) is 0.0909. The molecule has 0 amide bonds. The van der Waals surface area contributed by atoms with Gasteiger partial charge in [0.25, 0.3) is 0 Å². The van der Waals surface area contributed by atoms with E-state index in [1.165, 1.54) is 0 Å². The first-order valence-electron chi connectivity index (χ1n) is 8.36. The maximum Gasteiger partial charge on any atom is 0.197 e. The van der Waals surface area contributed by atoms with E-state index in [1.807, 2.05) is 32.1 Å². The summed E-state index contributed by atoms with van der Waals surface area (Å²) in [5.41, 5.74) is 2.20. The van der Waals surface area contributed by atoms with E-state index in [-0.39, 0.29) is 10.9 Å². The minimum absolute atomic E-state index is 0.102. The number of nitrogens with one attached hydrogen (secondary N) is 2. The number of pyridine rings is 2. The second kappa shape index (κ2) is 6.84. The average molecular weight is 344 g/mol. The molecule has 4 nitrogen and oxygen atoms in total. The van der Waals surface area contributed by atoms with Crippen molar-refractivity contribution in [3.63, 3.8) is 0 Å². The summed E-state index contributed by atoms with van der Waals surface area (Å²) < 4.78 is 0. The highest BCUT2D eigenvalue weighted by Gasteiger charge is 2.11. The van der Waals surface area contributed by atoms with E-state index in [0.29, 0.717) is 43.6 Å². The van der Waals surface area contributed by atoms with Crippen molar-refractivity contribution in [3.05, 3.63) is 79.7 Å². The number of hydrogen-bond donors (Lipinski definition) is 2. The highest BCUT2D eigenvalue weighted by molar-refractivity contribution is 5.95. The Kier molecular flexibility index (Phi) is 4.59. The number of benzene rings is 1. The molecule has 0 saturated heterocycles. The molecule has 0 radical (unpaired) electrons. The van der Waals surface area contributed by atoms with E-state index in [2.05, 4.69) is 23.1 Å². The van der Waals surface area contributed by atoms with Crippen molar-refractivity contribution in [2.45, 2.75) is 13.8 Å². The zero-order valence-corrected chi connectivity index (χ0v) is 14.8. The van der Waals surface area contributed by atoms with Crippen LogP contribution in [0, 0.1) is 0 Å². The minimum Gasteiger partial charge on any atom is -0.355 e. The third-order valence-corrected chi connectivity index (χ3v) is 4.37. The van der Waals surface area contributed by atoms with E-state index in [0.717, 1.165) is 0 Å². The third kappa shape index (κ3) is 2.65. The van der Waals surface area contributed by atoms with Gasteiger partial charge in [0.2, 0.25) is 0 Å². The predicted molar refractivity (Wildman–Crippen MR) is 112 cm³/mol. The van der Waals surface area contributed by atoms with Crippen LogP contribution in [0.15, 0.2) is 47.0 Å². The fourth-order valence-electron chi connectivity index (χ4n) is 3.15. The molecule has 0 aliphatic heterocycles. The Bertz CT molecular complexity index is 1320. The van der Waals surface area contributed by atoms with Crippen molar-refractivity contribution in [2.75, 3.05) is 0 Å². The molecule has 0 spiro atoms. The Morgan fingerprint density at radius 3 is 2.19 bits per heavy atom. The van der Waals surface area contributed by atoms with Crippen molar-refractivity contribution < 1.29 is 0 Å². The average Bonchev–Trinajstić information content (AvgIpc) is 2.64. The smallest absolute Gasteiger partial charge is 0.197 e. The number of rotatable bonds is 3. The Balaban J connectivity index is 2.60. The summed E-state index contributed by atoms with van der Waals surface area (Å²) in [5.74, 6) is 0. The molecule has 0 unspecified atom stereocenters. The van der Waals surface area contributed by atoms with Crippen molar-refractivity contribution >= 4 is 46.1 Å². The number of fused-ring (bicyclic) bond motifs is 2. The molecule has 2 heterocycles. The number of aromatic nitrogens is 2. The standard InChI is InChI=1S/C22H20N2O2/c1-5-9-14-17(8-4)23-19-11-15-20(12-16(19)22(14)26)24-18(10-6-2)13(7-3)21(15)25/h5-12,23H,1,3H2,2,4H3,(H,24,25)/b10-6-,14-9+,17-8+. The van der Waals surface area contributed by atoms with Gasteiger partial charge in [-0.15, -0.1) is 0 Å². The number of allylic oxidation sites excluding steroid dienone is 2. The molecule has 3 aromatic rings. The first kappa shape index (κ1) is 17.4. The zero-order valence-electron chi connectivity index (χ0n) is 14.8. The highest BCUT2D eigenvalue weighted by Crippen LogP contribution is 2.18. The highest BCUT2D eigenvalue weighted by atomic mass is 16.1. The lowest BCUT2D eigenvalue weighted by Gasteiger charge is -2.07. The van der Waals surface area contributed by atoms with Crippen LogP contribution in [0.1, 0.15) is 25.1 Å². The maximum atomic E-state index is 12.9. The molecule has 130 valence electrons. The van der Waals surface area contributed by atoms with Gasteiger partial charge >= 0.3 is 0 Å². The Morgan fingerprint density at radius 1 is 0.962 bits per heavy atom. The fourth-order valence-corrected chi connectivity index (χ4v) is 3.15. The van der Waals surface area contributed by atoms with Crippen molar-refractivity contribution in [3.8, 4) is 0 Å². The maximum absolute atomic E-state index is 12.9. The topological polar surface area (TPSA) is 65.7 Å². The van der Waals surface area contributed by atoms with Gasteiger partial charge in [0.05, 0.1) is 11.0 Å². The number of aromatic amines is 2.